The first kappa shape index (κ1) is 15.9. The van der Waals surface area contributed by atoms with Crippen LogP contribution >= 0.6 is 0 Å². The van der Waals surface area contributed by atoms with Gasteiger partial charge in [-0.05, 0) is 37.5 Å². The number of carbonyl (C=O) groups is 1. The van der Waals surface area contributed by atoms with E-state index in [-0.39, 0.29) is 17.5 Å². The van der Waals surface area contributed by atoms with Gasteiger partial charge in [0.2, 0.25) is 15.9 Å². The van der Waals surface area contributed by atoms with Crippen molar-refractivity contribution in [3.8, 4) is 0 Å². The van der Waals surface area contributed by atoms with Crippen LogP contribution in [0.15, 0.2) is 29.2 Å². The largest absolute Gasteiger partial charge is 0.369 e. The maximum absolute atomic E-state index is 12.6. The molecule has 1 amide bonds. The maximum Gasteiger partial charge on any atom is 0.243 e. The van der Waals surface area contributed by atoms with Crippen LogP contribution < -0.4 is 11.5 Å². The lowest BCUT2D eigenvalue weighted by Gasteiger charge is -2.30. The number of nitrogens with two attached hydrogens (primary N) is 2. The highest BCUT2D eigenvalue weighted by Gasteiger charge is 2.32. The topological polar surface area (TPSA) is 106 Å². The van der Waals surface area contributed by atoms with Gasteiger partial charge in [-0.2, -0.15) is 4.31 Å². The third-order valence-electron chi connectivity index (χ3n) is 3.83. The van der Waals surface area contributed by atoms with Crippen LogP contribution in [0.25, 0.3) is 0 Å². The van der Waals surface area contributed by atoms with Crippen LogP contribution in [0.4, 0.5) is 0 Å². The minimum atomic E-state index is -3.59. The number of hydrogen-bond acceptors (Lipinski definition) is 4. The molecule has 0 saturated carbocycles. The Morgan fingerprint density at radius 2 is 1.95 bits per heavy atom. The van der Waals surface area contributed by atoms with Gasteiger partial charge in [-0.25, -0.2) is 8.42 Å². The van der Waals surface area contributed by atoms with Crippen molar-refractivity contribution in [1.82, 2.24) is 4.31 Å². The Morgan fingerprint density at radius 3 is 2.48 bits per heavy atom. The molecule has 0 bridgehead atoms. The zero-order valence-corrected chi connectivity index (χ0v) is 12.8. The van der Waals surface area contributed by atoms with Crippen LogP contribution in [0, 0.1) is 5.92 Å². The Kier molecular flexibility index (Phi) is 4.65. The van der Waals surface area contributed by atoms with Gasteiger partial charge in [-0.3, -0.25) is 4.79 Å². The van der Waals surface area contributed by atoms with Crippen molar-refractivity contribution in [2.24, 2.45) is 17.4 Å². The smallest absolute Gasteiger partial charge is 0.243 e. The van der Waals surface area contributed by atoms with Gasteiger partial charge in [0.1, 0.15) is 0 Å². The summed E-state index contributed by atoms with van der Waals surface area (Å²) in [4.78, 5) is 11.5. The Balaban J connectivity index is 2.22. The number of benzene rings is 1. The first-order valence-electron chi connectivity index (χ1n) is 6.97. The number of rotatable bonds is 4. The minimum absolute atomic E-state index is 0.143. The molecule has 1 aromatic rings. The summed E-state index contributed by atoms with van der Waals surface area (Å²) in [6.45, 7) is 2.42. The van der Waals surface area contributed by atoms with Crippen molar-refractivity contribution in [1.29, 1.82) is 0 Å². The zero-order valence-electron chi connectivity index (χ0n) is 12.0. The van der Waals surface area contributed by atoms with E-state index < -0.39 is 21.8 Å². The lowest BCUT2D eigenvalue weighted by Crippen LogP contribution is -2.44. The first-order chi connectivity index (χ1) is 9.82. The molecule has 0 aromatic heterocycles. The second-order valence-corrected chi connectivity index (χ2v) is 7.40. The number of piperidine rings is 1. The van der Waals surface area contributed by atoms with Crippen molar-refractivity contribution in [2.45, 2.75) is 30.7 Å². The summed E-state index contributed by atoms with van der Waals surface area (Å²) in [7, 11) is -3.59. The molecule has 0 radical (unpaired) electrons. The molecule has 21 heavy (non-hydrogen) atoms. The number of sulfonamides is 1. The van der Waals surface area contributed by atoms with E-state index in [4.69, 9.17) is 11.5 Å². The van der Waals surface area contributed by atoms with Crippen LogP contribution in [-0.2, 0) is 14.8 Å². The highest BCUT2D eigenvalue weighted by Crippen LogP contribution is 2.24. The summed E-state index contributed by atoms with van der Waals surface area (Å²) in [5, 5.41) is 0. The maximum atomic E-state index is 12.6. The van der Waals surface area contributed by atoms with Gasteiger partial charge < -0.3 is 11.5 Å². The summed E-state index contributed by atoms with van der Waals surface area (Å²) >= 11 is 0. The monoisotopic (exact) mass is 311 g/mol. The van der Waals surface area contributed by atoms with E-state index >= 15 is 0 Å². The predicted octanol–water partition coefficient (Wildman–Crippen LogP) is 0.592. The van der Waals surface area contributed by atoms with Gasteiger partial charge in [-0.1, -0.05) is 12.1 Å². The lowest BCUT2D eigenvalue weighted by molar-refractivity contribution is -0.122. The molecule has 1 heterocycles. The Hall–Kier alpha value is -1.44. The SMILES string of the molecule is CC(N)c1ccc(S(=O)(=O)N2CCCC(C(N)=O)C2)cc1. The summed E-state index contributed by atoms with van der Waals surface area (Å²) in [5.74, 6) is -0.848. The van der Waals surface area contributed by atoms with E-state index in [1.54, 1.807) is 24.3 Å². The van der Waals surface area contributed by atoms with Crippen LogP contribution in [0.5, 0.6) is 0 Å². The normalized spacial score (nSPS) is 21.9. The van der Waals surface area contributed by atoms with E-state index in [0.29, 0.717) is 19.4 Å². The Bertz CT molecular complexity index is 611. The molecule has 0 spiro atoms. The number of primary amides is 1. The molecular weight excluding hydrogens is 290 g/mol. The molecule has 1 aliphatic heterocycles. The summed E-state index contributed by atoms with van der Waals surface area (Å²) in [6.07, 6.45) is 1.29. The summed E-state index contributed by atoms with van der Waals surface area (Å²) in [6, 6.07) is 6.40. The first-order valence-corrected chi connectivity index (χ1v) is 8.41. The lowest BCUT2D eigenvalue weighted by atomic mass is 9.99. The molecule has 6 nitrogen and oxygen atoms in total. The van der Waals surface area contributed by atoms with E-state index in [1.807, 2.05) is 6.92 Å². The fourth-order valence-corrected chi connectivity index (χ4v) is 4.01. The van der Waals surface area contributed by atoms with E-state index in [2.05, 4.69) is 0 Å². The quantitative estimate of drug-likeness (QED) is 0.848. The molecule has 7 heteroatoms. The van der Waals surface area contributed by atoms with Crippen LogP contribution in [0.3, 0.4) is 0 Å². The molecule has 0 aliphatic carbocycles. The summed E-state index contributed by atoms with van der Waals surface area (Å²) in [5.41, 5.74) is 11.9. The molecule has 1 aromatic carbocycles. The molecule has 4 N–H and O–H groups in total. The number of nitrogens with zero attached hydrogens (tertiary/aromatic N) is 1. The zero-order chi connectivity index (χ0) is 15.6. The van der Waals surface area contributed by atoms with Crippen LogP contribution in [-0.4, -0.2) is 31.7 Å². The molecule has 1 aliphatic rings. The number of carbonyl (C=O) groups excluding carboxylic acids is 1. The molecule has 2 unspecified atom stereocenters. The highest BCUT2D eigenvalue weighted by molar-refractivity contribution is 7.89. The van der Waals surface area contributed by atoms with Gasteiger partial charge in [-0.15, -0.1) is 0 Å². The third-order valence-corrected chi connectivity index (χ3v) is 5.71. The molecule has 1 saturated heterocycles. The number of hydrogen-bond donors (Lipinski definition) is 2. The molecule has 116 valence electrons. The van der Waals surface area contributed by atoms with Gasteiger partial charge in [0.05, 0.1) is 10.8 Å². The highest BCUT2D eigenvalue weighted by atomic mass is 32.2. The second kappa shape index (κ2) is 6.13. The van der Waals surface area contributed by atoms with Crippen molar-refractivity contribution in [3.05, 3.63) is 29.8 Å². The van der Waals surface area contributed by atoms with E-state index in [0.717, 1.165) is 5.56 Å². The van der Waals surface area contributed by atoms with Gasteiger partial charge >= 0.3 is 0 Å². The fraction of sp³-hybridized carbons (Fsp3) is 0.500. The van der Waals surface area contributed by atoms with Crippen molar-refractivity contribution in [2.75, 3.05) is 13.1 Å². The predicted molar refractivity (Wildman–Crippen MR) is 79.7 cm³/mol. The van der Waals surface area contributed by atoms with Crippen molar-refractivity contribution < 1.29 is 13.2 Å². The second-order valence-electron chi connectivity index (χ2n) is 5.46. The fourth-order valence-electron chi connectivity index (χ4n) is 2.49. The van der Waals surface area contributed by atoms with Crippen molar-refractivity contribution >= 4 is 15.9 Å². The van der Waals surface area contributed by atoms with Crippen molar-refractivity contribution in [3.63, 3.8) is 0 Å². The standard InChI is InChI=1S/C14H21N3O3S/c1-10(15)11-4-6-13(7-5-11)21(19,20)17-8-2-3-12(9-17)14(16)18/h4-7,10,12H,2-3,8-9,15H2,1H3,(H2,16,18). The minimum Gasteiger partial charge on any atom is -0.369 e. The Morgan fingerprint density at radius 1 is 1.33 bits per heavy atom. The average Bonchev–Trinajstić information content (AvgIpc) is 2.47. The van der Waals surface area contributed by atoms with Gasteiger partial charge in [0.25, 0.3) is 0 Å². The average molecular weight is 311 g/mol. The van der Waals surface area contributed by atoms with Gasteiger partial charge in [0.15, 0.2) is 0 Å². The number of amides is 1. The van der Waals surface area contributed by atoms with E-state index in [9.17, 15) is 13.2 Å². The molecule has 1 fully saturated rings. The third kappa shape index (κ3) is 3.42. The van der Waals surface area contributed by atoms with Gasteiger partial charge in [0, 0.05) is 19.1 Å². The molecular formula is C14H21N3O3S. The van der Waals surface area contributed by atoms with Crippen LogP contribution in [0.1, 0.15) is 31.4 Å². The molecule has 2 atom stereocenters. The Labute approximate surface area is 125 Å². The molecule has 2 rings (SSSR count). The van der Waals surface area contributed by atoms with E-state index in [1.165, 1.54) is 4.31 Å². The summed E-state index contributed by atoms with van der Waals surface area (Å²) < 4.78 is 26.5. The van der Waals surface area contributed by atoms with Crippen LogP contribution in [0.2, 0.25) is 0 Å².